The van der Waals surface area contributed by atoms with Crippen molar-refractivity contribution in [2.75, 3.05) is 39.5 Å². The van der Waals surface area contributed by atoms with Gasteiger partial charge < -0.3 is 10.2 Å². The second-order valence-electron chi connectivity index (χ2n) is 2.65. The Morgan fingerprint density at radius 1 is 1.27 bits per heavy atom. The molecule has 0 unspecified atom stereocenters. The van der Waals surface area contributed by atoms with Crippen LogP contribution < -0.4 is 5.32 Å². The summed E-state index contributed by atoms with van der Waals surface area (Å²) in [5, 5.41) is 4.08. The summed E-state index contributed by atoms with van der Waals surface area (Å²) in [6.45, 7) is 7.80. The summed E-state index contributed by atoms with van der Waals surface area (Å²) in [5.74, 6) is 1.11. The van der Waals surface area contributed by atoms with Gasteiger partial charge in [-0.05, 0) is 13.1 Å². The van der Waals surface area contributed by atoms with Crippen LogP contribution in [0.4, 0.5) is 0 Å². The van der Waals surface area contributed by atoms with Gasteiger partial charge in [0, 0.05) is 26.4 Å². The van der Waals surface area contributed by atoms with Crippen molar-refractivity contribution in [3.8, 4) is 0 Å². The third kappa shape index (κ3) is 11.0. The van der Waals surface area contributed by atoms with Crippen LogP contribution in [0.2, 0.25) is 0 Å². The first-order valence-corrected chi connectivity index (χ1v) is 5.76. The lowest BCUT2D eigenvalue weighted by Gasteiger charge is -2.17. The first-order valence-electron chi connectivity index (χ1n) is 4.78. The molecule has 0 saturated heterocycles. The summed E-state index contributed by atoms with van der Waals surface area (Å²) in [4.78, 5) is 6.52. The quantitative estimate of drug-likeness (QED) is 0.599. The molecule has 0 amide bonds. The summed E-state index contributed by atoms with van der Waals surface area (Å²) in [5.41, 5.74) is 0. The van der Waals surface area contributed by atoms with Crippen molar-refractivity contribution in [3.63, 3.8) is 0 Å². The molecule has 0 aromatic carbocycles. The Kier molecular flexibility index (Phi) is 20.7. The number of nitrogens with one attached hydrogen (secondary N) is 1. The van der Waals surface area contributed by atoms with Gasteiger partial charge in [-0.25, -0.2) is 0 Å². The first-order chi connectivity index (χ1) is 6.28. The van der Waals surface area contributed by atoms with Crippen LogP contribution in [0.3, 0.4) is 0 Å². The molecule has 0 spiro atoms. The Morgan fingerprint density at radius 3 is 2.13 bits per heavy atom. The molecular formula is C9H23Br2N3S. The lowest BCUT2D eigenvalue weighted by atomic mass is 10.5. The van der Waals surface area contributed by atoms with Gasteiger partial charge in [0.15, 0.2) is 5.17 Å². The van der Waals surface area contributed by atoms with Gasteiger partial charge in [0.1, 0.15) is 0 Å². The Labute approximate surface area is 119 Å². The molecule has 0 saturated carbocycles. The maximum atomic E-state index is 4.11. The highest BCUT2D eigenvalue weighted by Crippen LogP contribution is 2.01. The maximum absolute atomic E-state index is 4.11. The van der Waals surface area contributed by atoms with Gasteiger partial charge in [0.25, 0.3) is 0 Å². The summed E-state index contributed by atoms with van der Waals surface area (Å²) >= 11 is 1.78. The van der Waals surface area contributed by atoms with E-state index in [9.17, 15) is 0 Å². The van der Waals surface area contributed by atoms with Gasteiger partial charge in [-0.2, -0.15) is 0 Å². The number of rotatable bonds is 5. The average Bonchev–Trinajstić information content (AvgIpc) is 2.19. The molecule has 15 heavy (non-hydrogen) atoms. The van der Waals surface area contributed by atoms with Crippen molar-refractivity contribution < 1.29 is 0 Å². The Balaban J connectivity index is -0.000000720. The van der Waals surface area contributed by atoms with E-state index in [1.165, 1.54) is 0 Å². The van der Waals surface area contributed by atoms with Crippen LogP contribution in [0.1, 0.15) is 13.8 Å². The summed E-state index contributed by atoms with van der Waals surface area (Å²) < 4.78 is 0. The molecule has 0 bridgehead atoms. The molecular weight excluding hydrogens is 342 g/mol. The molecule has 0 aliphatic heterocycles. The van der Waals surface area contributed by atoms with Gasteiger partial charge in [-0.3, -0.25) is 4.99 Å². The smallest absolute Gasteiger partial charge is 0.156 e. The minimum Gasteiger partial charge on any atom is -0.368 e. The zero-order chi connectivity index (χ0) is 10.1. The predicted molar refractivity (Wildman–Crippen MR) is 83.3 cm³/mol. The molecule has 1 N–H and O–H groups in total. The molecule has 0 aromatic heterocycles. The standard InChI is InChI=1S/C9H21N3S.2BrH/c1-5-12(6-2)7-8-13-9(10-3)11-4;;/h5-8H2,1-4H3,(H,10,11);2*1H. The number of hydrogen-bond acceptors (Lipinski definition) is 3. The number of aliphatic imine (C=N–C) groups is 1. The fourth-order valence-corrected chi connectivity index (χ4v) is 1.88. The van der Waals surface area contributed by atoms with Gasteiger partial charge >= 0.3 is 0 Å². The van der Waals surface area contributed by atoms with Crippen LogP contribution in [0.25, 0.3) is 0 Å². The predicted octanol–water partition coefficient (Wildman–Crippen LogP) is 2.42. The molecule has 0 rings (SSSR count). The zero-order valence-electron chi connectivity index (χ0n) is 9.95. The largest absolute Gasteiger partial charge is 0.368 e. The van der Waals surface area contributed by atoms with Crippen molar-refractivity contribution in [3.05, 3.63) is 0 Å². The number of halogens is 2. The number of thioether (sulfide) groups is 1. The number of hydrogen-bond donors (Lipinski definition) is 1. The van der Waals surface area contributed by atoms with Gasteiger partial charge in [-0.1, -0.05) is 25.6 Å². The molecule has 0 radical (unpaired) electrons. The highest BCUT2D eigenvalue weighted by Gasteiger charge is 2.00. The fourth-order valence-electron chi connectivity index (χ4n) is 1.06. The third-order valence-corrected chi connectivity index (χ3v) is 3.00. The Morgan fingerprint density at radius 2 is 1.80 bits per heavy atom. The van der Waals surface area contributed by atoms with Crippen molar-refractivity contribution in [2.45, 2.75) is 13.8 Å². The van der Waals surface area contributed by atoms with Crippen molar-refractivity contribution in [1.82, 2.24) is 10.2 Å². The van der Waals surface area contributed by atoms with Crippen LogP contribution in [0, 0.1) is 0 Å². The van der Waals surface area contributed by atoms with Crippen molar-refractivity contribution in [1.29, 1.82) is 0 Å². The van der Waals surface area contributed by atoms with Gasteiger partial charge in [0.2, 0.25) is 0 Å². The van der Waals surface area contributed by atoms with Crippen molar-refractivity contribution in [2.24, 2.45) is 4.99 Å². The monoisotopic (exact) mass is 363 g/mol. The summed E-state index contributed by atoms with van der Waals surface area (Å²) in [6, 6.07) is 0. The molecule has 0 aromatic rings. The molecule has 0 heterocycles. The van der Waals surface area contributed by atoms with Crippen molar-refractivity contribution >= 4 is 50.9 Å². The van der Waals surface area contributed by atoms with Crippen LogP contribution >= 0.6 is 45.7 Å². The molecule has 3 nitrogen and oxygen atoms in total. The fraction of sp³-hybridized carbons (Fsp3) is 0.889. The topological polar surface area (TPSA) is 27.6 Å². The van der Waals surface area contributed by atoms with E-state index in [0.717, 1.165) is 30.6 Å². The van der Waals surface area contributed by atoms with Gasteiger partial charge in [0.05, 0.1) is 0 Å². The molecule has 0 fully saturated rings. The molecule has 0 atom stereocenters. The van der Waals surface area contributed by atoms with Crippen LogP contribution in [0.5, 0.6) is 0 Å². The van der Waals surface area contributed by atoms with E-state index in [1.807, 2.05) is 14.1 Å². The van der Waals surface area contributed by atoms with E-state index in [1.54, 1.807) is 11.8 Å². The zero-order valence-corrected chi connectivity index (χ0v) is 14.2. The third-order valence-electron chi connectivity index (χ3n) is 1.96. The van der Waals surface area contributed by atoms with E-state index in [2.05, 4.69) is 29.1 Å². The number of nitrogens with zero attached hydrogens (tertiary/aromatic N) is 2. The molecule has 94 valence electrons. The van der Waals surface area contributed by atoms with E-state index < -0.39 is 0 Å². The van der Waals surface area contributed by atoms with E-state index in [-0.39, 0.29) is 34.0 Å². The second kappa shape index (κ2) is 14.7. The Hall–Kier alpha value is 0.740. The highest BCUT2D eigenvalue weighted by atomic mass is 79.9. The minimum atomic E-state index is 0. The minimum absolute atomic E-state index is 0. The van der Waals surface area contributed by atoms with Crippen LogP contribution in [0.15, 0.2) is 4.99 Å². The summed E-state index contributed by atoms with van der Waals surface area (Å²) in [6.07, 6.45) is 0. The maximum Gasteiger partial charge on any atom is 0.156 e. The molecule has 0 aliphatic rings. The first kappa shape index (κ1) is 21.1. The normalized spacial score (nSPS) is 10.6. The molecule has 0 aliphatic carbocycles. The SMILES string of the molecule is Br.Br.CCN(CC)CCSC(=NC)NC. The van der Waals surface area contributed by atoms with Gasteiger partial charge in [-0.15, -0.1) is 34.0 Å². The number of amidine groups is 1. The Bertz CT molecular complexity index is 152. The molecule has 6 heteroatoms. The average molecular weight is 365 g/mol. The lowest BCUT2D eigenvalue weighted by molar-refractivity contribution is 0.324. The second-order valence-corrected chi connectivity index (χ2v) is 3.74. The van der Waals surface area contributed by atoms with E-state index in [4.69, 9.17) is 0 Å². The summed E-state index contributed by atoms with van der Waals surface area (Å²) in [7, 11) is 3.73. The van der Waals surface area contributed by atoms with E-state index in [0.29, 0.717) is 0 Å². The van der Waals surface area contributed by atoms with Crippen LogP contribution in [-0.2, 0) is 0 Å². The lowest BCUT2D eigenvalue weighted by Crippen LogP contribution is -2.26. The van der Waals surface area contributed by atoms with E-state index >= 15 is 0 Å². The van der Waals surface area contributed by atoms with Crippen LogP contribution in [-0.4, -0.2) is 49.6 Å². The highest BCUT2D eigenvalue weighted by molar-refractivity contribution is 8.93.